The maximum Gasteiger partial charge on any atom is 0.317 e. The van der Waals surface area contributed by atoms with E-state index in [-0.39, 0.29) is 12.7 Å². The molecule has 0 heterocycles. The van der Waals surface area contributed by atoms with E-state index in [0.717, 1.165) is 0 Å². The average Bonchev–Trinajstić information content (AvgIpc) is 2.21. The van der Waals surface area contributed by atoms with Crippen LogP contribution in [0.25, 0.3) is 0 Å². The Labute approximate surface area is 95.9 Å². The van der Waals surface area contributed by atoms with Crippen molar-refractivity contribution in [2.24, 2.45) is 0 Å². The molecule has 0 aromatic heterocycles. The number of rotatable bonds is 9. The summed E-state index contributed by atoms with van der Waals surface area (Å²) in [6.07, 6.45) is 1.29. The van der Waals surface area contributed by atoms with E-state index >= 15 is 0 Å². The Morgan fingerprint density at radius 2 is 2.25 bits per heavy atom. The third-order valence-electron chi connectivity index (χ3n) is 2.10. The predicted molar refractivity (Wildman–Crippen MR) is 61.4 cm³/mol. The number of aliphatic carboxylic acids is 1. The largest absolute Gasteiger partial charge is 0.480 e. The molecule has 2 unspecified atom stereocenters. The van der Waals surface area contributed by atoms with Crippen LogP contribution in [0.5, 0.6) is 0 Å². The fourth-order valence-corrected chi connectivity index (χ4v) is 1.33. The SMILES string of the molecule is C=CCNNC(CC)N(CC(=O)O)C(C)O. The molecule has 0 aromatic carbocycles. The summed E-state index contributed by atoms with van der Waals surface area (Å²) in [5.74, 6) is -0.968. The van der Waals surface area contributed by atoms with Crippen LogP contribution in [0.15, 0.2) is 12.7 Å². The number of nitrogens with zero attached hydrogens (tertiary/aromatic N) is 1. The van der Waals surface area contributed by atoms with Crippen LogP contribution in [0.3, 0.4) is 0 Å². The molecule has 0 aliphatic heterocycles. The zero-order valence-electron chi connectivity index (χ0n) is 9.81. The van der Waals surface area contributed by atoms with Gasteiger partial charge in [0.05, 0.1) is 6.17 Å². The molecule has 94 valence electrons. The summed E-state index contributed by atoms with van der Waals surface area (Å²) >= 11 is 0. The second-order valence-electron chi connectivity index (χ2n) is 3.44. The van der Waals surface area contributed by atoms with Gasteiger partial charge in [-0.05, 0) is 13.3 Å². The van der Waals surface area contributed by atoms with Gasteiger partial charge in [-0.1, -0.05) is 13.0 Å². The summed E-state index contributed by atoms with van der Waals surface area (Å²) in [4.78, 5) is 12.1. The van der Waals surface area contributed by atoms with Gasteiger partial charge in [0.2, 0.25) is 0 Å². The lowest BCUT2D eigenvalue weighted by molar-refractivity contribution is -0.143. The summed E-state index contributed by atoms with van der Waals surface area (Å²) < 4.78 is 0. The highest BCUT2D eigenvalue weighted by atomic mass is 16.4. The van der Waals surface area contributed by atoms with Crippen molar-refractivity contribution in [3.63, 3.8) is 0 Å². The van der Waals surface area contributed by atoms with Gasteiger partial charge in [-0.2, -0.15) is 0 Å². The minimum Gasteiger partial charge on any atom is -0.480 e. The number of aliphatic hydroxyl groups excluding tert-OH is 1. The highest BCUT2D eigenvalue weighted by Crippen LogP contribution is 2.04. The number of hydrogen-bond acceptors (Lipinski definition) is 5. The Balaban J connectivity index is 4.32. The normalized spacial score (nSPS) is 14.8. The molecule has 4 N–H and O–H groups in total. The van der Waals surface area contributed by atoms with E-state index in [4.69, 9.17) is 5.11 Å². The lowest BCUT2D eigenvalue weighted by Crippen LogP contribution is -2.55. The van der Waals surface area contributed by atoms with Crippen LogP contribution in [-0.4, -0.2) is 46.6 Å². The van der Waals surface area contributed by atoms with Crippen LogP contribution in [0.2, 0.25) is 0 Å². The molecule has 0 fully saturated rings. The fourth-order valence-electron chi connectivity index (χ4n) is 1.33. The number of carboxylic acid groups (broad SMARTS) is 1. The monoisotopic (exact) mass is 231 g/mol. The molecule has 0 amide bonds. The average molecular weight is 231 g/mol. The molecule has 0 saturated heterocycles. The van der Waals surface area contributed by atoms with E-state index in [1.807, 2.05) is 6.92 Å². The maximum atomic E-state index is 10.6. The molecule has 0 spiro atoms. The zero-order chi connectivity index (χ0) is 12.6. The summed E-state index contributed by atoms with van der Waals surface area (Å²) in [5, 5.41) is 18.2. The predicted octanol–water partition coefficient (Wildman–Crippen LogP) is -0.272. The van der Waals surface area contributed by atoms with E-state index in [1.54, 1.807) is 13.0 Å². The van der Waals surface area contributed by atoms with Gasteiger partial charge in [0.25, 0.3) is 0 Å². The second-order valence-corrected chi connectivity index (χ2v) is 3.44. The molecule has 2 atom stereocenters. The molecular formula is C10H21N3O3. The number of nitrogens with one attached hydrogen (secondary N) is 2. The van der Waals surface area contributed by atoms with Crippen molar-refractivity contribution < 1.29 is 15.0 Å². The summed E-state index contributed by atoms with van der Waals surface area (Å²) in [5.41, 5.74) is 5.82. The first-order valence-electron chi connectivity index (χ1n) is 5.27. The first-order chi connectivity index (χ1) is 7.52. The molecule has 6 heteroatoms. The number of hydrazine groups is 1. The number of carbonyl (C=O) groups is 1. The van der Waals surface area contributed by atoms with E-state index in [1.165, 1.54) is 4.90 Å². The zero-order valence-corrected chi connectivity index (χ0v) is 9.81. The van der Waals surface area contributed by atoms with Crippen molar-refractivity contribution in [2.75, 3.05) is 13.1 Å². The Kier molecular flexibility index (Phi) is 7.74. The Morgan fingerprint density at radius 3 is 2.62 bits per heavy atom. The standard InChI is InChI=1S/C10H21N3O3/c1-4-6-11-12-9(5-2)13(8(3)14)7-10(15)16/h4,8-9,11-12,14H,1,5-7H2,2-3H3,(H,15,16). The summed E-state index contributed by atoms with van der Waals surface area (Å²) in [6.45, 7) is 7.36. The molecule has 0 aliphatic rings. The van der Waals surface area contributed by atoms with Crippen LogP contribution in [0, 0.1) is 0 Å². The lowest BCUT2D eigenvalue weighted by Gasteiger charge is -2.32. The highest BCUT2D eigenvalue weighted by Gasteiger charge is 2.22. The van der Waals surface area contributed by atoms with Crippen molar-refractivity contribution in [1.82, 2.24) is 15.8 Å². The number of carboxylic acids is 1. The number of aliphatic hydroxyl groups is 1. The first-order valence-corrected chi connectivity index (χ1v) is 5.27. The molecule has 0 bridgehead atoms. The molecule has 16 heavy (non-hydrogen) atoms. The van der Waals surface area contributed by atoms with E-state index < -0.39 is 12.2 Å². The fraction of sp³-hybridized carbons (Fsp3) is 0.700. The van der Waals surface area contributed by atoms with Crippen molar-refractivity contribution in [1.29, 1.82) is 0 Å². The molecule has 0 aromatic rings. The van der Waals surface area contributed by atoms with Crippen molar-refractivity contribution in [3.8, 4) is 0 Å². The smallest absolute Gasteiger partial charge is 0.317 e. The van der Waals surface area contributed by atoms with Crippen LogP contribution in [-0.2, 0) is 4.79 Å². The first kappa shape index (κ1) is 15.0. The van der Waals surface area contributed by atoms with Crippen LogP contribution < -0.4 is 10.9 Å². The van der Waals surface area contributed by atoms with Crippen molar-refractivity contribution in [2.45, 2.75) is 32.7 Å². The van der Waals surface area contributed by atoms with Gasteiger partial charge < -0.3 is 10.2 Å². The second kappa shape index (κ2) is 8.23. The van der Waals surface area contributed by atoms with Crippen molar-refractivity contribution >= 4 is 5.97 Å². The van der Waals surface area contributed by atoms with Crippen LogP contribution >= 0.6 is 0 Å². The third kappa shape index (κ3) is 5.82. The minimum atomic E-state index is -0.968. The van der Waals surface area contributed by atoms with Crippen LogP contribution in [0.4, 0.5) is 0 Å². The van der Waals surface area contributed by atoms with Gasteiger partial charge in [-0.15, -0.1) is 6.58 Å². The Morgan fingerprint density at radius 1 is 1.62 bits per heavy atom. The van der Waals surface area contributed by atoms with Gasteiger partial charge in [-0.25, -0.2) is 5.43 Å². The van der Waals surface area contributed by atoms with E-state index in [0.29, 0.717) is 13.0 Å². The van der Waals surface area contributed by atoms with Gasteiger partial charge in [0.1, 0.15) is 12.8 Å². The Bertz CT molecular complexity index is 221. The van der Waals surface area contributed by atoms with Gasteiger partial charge in [0, 0.05) is 6.54 Å². The molecule has 0 saturated carbocycles. The van der Waals surface area contributed by atoms with Crippen LogP contribution in [0.1, 0.15) is 20.3 Å². The molecule has 0 rings (SSSR count). The van der Waals surface area contributed by atoms with Gasteiger partial charge in [-0.3, -0.25) is 15.1 Å². The number of hydrogen-bond donors (Lipinski definition) is 4. The quantitative estimate of drug-likeness (QED) is 0.189. The van der Waals surface area contributed by atoms with Gasteiger partial charge >= 0.3 is 5.97 Å². The van der Waals surface area contributed by atoms with E-state index in [2.05, 4.69) is 17.4 Å². The molecular weight excluding hydrogens is 210 g/mol. The minimum absolute atomic E-state index is 0.209. The molecule has 0 radical (unpaired) electrons. The van der Waals surface area contributed by atoms with E-state index in [9.17, 15) is 9.90 Å². The summed E-state index contributed by atoms with van der Waals surface area (Å²) in [6, 6.07) is 0. The topological polar surface area (TPSA) is 84.8 Å². The highest BCUT2D eigenvalue weighted by molar-refractivity contribution is 5.69. The molecule has 6 nitrogen and oxygen atoms in total. The van der Waals surface area contributed by atoms with Crippen molar-refractivity contribution in [3.05, 3.63) is 12.7 Å². The molecule has 0 aliphatic carbocycles. The Hall–Kier alpha value is -0.950. The summed E-state index contributed by atoms with van der Waals surface area (Å²) in [7, 11) is 0. The third-order valence-corrected chi connectivity index (χ3v) is 2.10. The maximum absolute atomic E-state index is 10.6. The van der Waals surface area contributed by atoms with Gasteiger partial charge in [0.15, 0.2) is 0 Å². The lowest BCUT2D eigenvalue weighted by atomic mass is 10.3.